The third-order valence-electron chi connectivity index (χ3n) is 6.47. The number of aliphatic hydroxyl groups excluding tert-OH is 1. The molecular formula is C24H27F3N4O2. The van der Waals surface area contributed by atoms with Crippen LogP contribution in [0.1, 0.15) is 44.2 Å². The fourth-order valence-electron chi connectivity index (χ4n) is 4.70. The second-order valence-electron chi connectivity index (χ2n) is 8.83. The van der Waals surface area contributed by atoms with Gasteiger partial charge in [0.15, 0.2) is 0 Å². The number of carbonyl (C=O) groups is 1. The van der Waals surface area contributed by atoms with Crippen LogP contribution in [0.3, 0.4) is 0 Å². The number of alkyl halides is 3. The lowest BCUT2D eigenvalue weighted by molar-refractivity contribution is -0.119. The summed E-state index contributed by atoms with van der Waals surface area (Å²) >= 11 is 0. The van der Waals surface area contributed by atoms with Crippen molar-refractivity contribution >= 4 is 28.1 Å². The third kappa shape index (κ3) is 4.42. The number of hydrogen-bond donors (Lipinski definition) is 2. The number of aromatic nitrogens is 2. The minimum atomic E-state index is -4.69. The van der Waals surface area contributed by atoms with Crippen LogP contribution in [0.4, 0.5) is 18.9 Å². The number of anilines is 1. The molecule has 4 rings (SSSR count). The van der Waals surface area contributed by atoms with E-state index in [1.54, 1.807) is 19.1 Å². The first kappa shape index (κ1) is 23.1. The molecule has 2 heterocycles. The Morgan fingerprint density at radius 2 is 1.97 bits per heavy atom. The summed E-state index contributed by atoms with van der Waals surface area (Å²) in [6.07, 6.45) is 4.20. The SMILES string of the molecule is C=C(C)c1cc2nn(C3CCC(CO)CC3)cc2cc1N1C(C(F)(F)F)=CC=CC1C(N)=O. The molecule has 0 bridgehead atoms. The van der Waals surface area contributed by atoms with E-state index in [1.165, 1.54) is 12.2 Å². The number of fused-ring (bicyclic) bond motifs is 1. The van der Waals surface area contributed by atoms with E-state index in [0.29, 0.717) is 28.0 Å². The quantitative estimate of drug-likeness (QED) is 0.690. The average molecular weight is 461 g/mol. The molecule has 33 heavy (non-hydrogen) atoms. The van der Waals surface area contributed by atoms with Crippen LogP contribution < -0.4 is 10.6 Å². The maximum atomic E-state index is 13.9. The molecule has 0 spiro atoms. The van der Waals surface area contributed by atoms with Gasteiger partial charge in [-0.05, 0) is 62.3 Å². The molecule has 1 aliphatic carbocycles. The first-order valence-electron chi connectivity index (χ1n) is 10.9. The summed E-state index contributed by atoms with van der Waals surface area (Å²) in [5, 5.41) is 14.7. The summed E-state index contributed by atoms with van der Waals surface area (Å²) in [6.45, 7) is 5.82. The molecule has 1 aromatic carbocycles. The molecule has 176 valence electrons. The standard InChI is InChI=1S/C24H27F3N4O2/c1-14(2)18-11-19-16(12-30(29-19)17-8-6-15(13-32)7-9-17)10-21(18)31-20(23(28)33)4-3-5-22(31)24(25,26)27/h3-5,10-12,15,17,20,32H,1,6-9,13H2,2H3,(H2,28,33). The molecular weight excluding hydrogens is 433 g/mol. The number of rotatable bonds is 5. The largest absolute Gasteiger partial charge is 0.431 e. The van der Waals surface area contributed by atoms with E-state index in [2.05, 4.69) is 6.58 Å². The van der Waals surface area contributed by atoms with Crippen molar-refractivity contribution in [3.05, 3.63) is 54.4 Å². The number of nitrogens with two attached hydrogens (primary N) is 1. The van der Waals surface area contributed by atoms with E-state index >= 15 is 0 Å². The summed E-state index contributed by atoms with van der Waals surface area (Å²) in [7, 11) is 0. The van der Waals surface area contributed by atoms with Crippen molar-refractivity contribution in [3.63, 3.8) is 0 Å². The van der Waals surface area contributed by atoms with E-state index in [4.69, 9.17) is 10.8 Å². The molecule has 1 saturated carbocycles. The Bertz CT molecular complexity index is 1140. The van der Waals surface area contributed by atoms with Gasteiger partial charge in [-0.3, -0.25) is 9.48 Å². The second-order valence-corrected chi connectivity index (χ2v) is 8.83. The van der Waals surface area contributed by atoms with E-state index in [-0.39, 0.29) is 18.3 Å². The lowest BCUT2D eigenvalue weighted by Crippen LogP contribution is -2.47. The van der Waals surface area contributed by atoms with Crippen LogP contribution >= 0.6 is 0 Å². The first-order chi connectivity index (χ1) is 15.6. The first-order valence-corrected chi connectivity index (χ1v) is 10.9. The molecule has 1 unspecified atom stereocenters. The van der Waals surface area contributed by atoms with Crippen LogP contribution in [-0.4, -0.2) is 39.6 Å². The Morgan fingerprint density at radius 1 is 1.27 bits per heavy atom. The van der Waals surface area contributed by atoms with Gasteiger partial charge in [0.05, 0.1) is 17.2 Å². The van der Waals surface area contributed by atoms with Gasteiger partial charge in [0, 0.05) is 23.8 Å². The van der Waals surface area contributed by atoms with Crippen molar-refractivity contribution in [3.8, 4) is 0 Å². The number of hydrogen-bond acceptors (Lipinski definition) is 4. The Kier molecular flexibility index (Phi) is 6.09. The smallest absolute Gasteiger partial charge is 0.396 e. The zero-order chi connectivity index (χ0) is 23.9. The Balaban J connectivity index is 1.81. The van der Waals surface area contributed by atoms with Gasteiger partial charge in [0.25, 0.3) is 0 Å². The number of aliphatic hydroxyl groups is 1. The zero-order valence-electron chi connectivity index (χ0n) is 18.3. The molecule has 1 aromatic heterocycles. The summed E-state index contributed by atoms with van der Waals surface area (Å²) in [4.78, 5) is 13.0. The highest BCUT2D eigenvalue weighted by Gasteiger charge is 2.43. The molecule has 6 nitrogen and oxygen atoms in total. The second kappa shape index (κ2) is 8.70. The molecule has 3 N–H and O–H groups in total. The normalized spacial score (nSPS) is 23.6. The van der Waals surface area contributed by atoms with Gasteiger partial charge in [0.2, 0.25) is 5.91 Å². The minimum absolute atomic E-state index is 0.166. The minimum Gasteiger partial charge on any atom is -0.396 e. The van der Waals surface area contributed by atoms with Crippen LogP contribution in [0.25, 0.3) is 16.5 Å². The molecule has 9 heteroatoms. The van der Waals surface area contributed by atoms with Crippen LogP contribution in [0.5, 0.6) is 0 Å². The van der Waals surface area contributed by atoms with Crippen LogP contribution in [0.15, 0.2) is 48.8 Å². The Hall–Kier alpha value is -3.07. The third-order valence-corrected chi connectivity index (χ3v) is 6.47. The van der Waals surface area contributed by atoms with E-state index in [0.717, 1.165) is 36.7 Å². The van der Waals surface area contributed by atoms with Crippen LogP contribution in [-0.2, 0) is 4.79 Å². The lowest BCUT2D eigenvalue weighted by Gasteiger charge is -2.36. The number of halogens is 3. The van der Waals surface area contributed by atoms with Gasteiger partial charge >= 0.3 is 6.18 Å². The van der Waals surface area contributed by atoms with Crippen molar-refractivity contribution in [2.45, 2.75) is 50.9 Å². The fraction of sp³-hybridized carbons (Fsp3) is 0.417. The maximum Gasteiger partial charge on any atom is 0.431 e. The summed E-state index contributed by atoms with van der Waals surface area (Å²) < 4.78 is 43.6. The predicted molar refractivity (Wildman–Crippen MR) is 121 cm³/mol. The van der Waals surface area contributed by atoms with E-state index in [9.17, 15) is 23.1 Å². The van der Waals surface area contributed by atoms with Crippen molar-refractivity contribution in [1.29, 1.82) is 0 Å². The highest BCUT2D eigenvalue weighted by Crippen LogP contribution is 2.41. The molecule has 0 radical (unpaired) electrons. The number of carbonyl (C=O) groups excluding carboxylic acids is 1. The molecule has 2 aromatic rings. The topological polar surface area (TPSA) is 84.4 Å². The van der Waals surface area contributed by atoms with Gasteiger partial charge < -0.3 is 15.7 Å². The van der Waals surface area contributed by atoms with Crippen LogP contribution in [0.2, 0.25) is 0 Å². The summed E-state index contributed by atoms with van der Waals surface area (Å²) in [5.41, 5.74) is 6.37. The van der Waals surface area contributed by atoms with Crippen molar-refractivity contribution in [2.24, 2.45) is 11.7 Å². The average Bonchev–Trinajstić information content (AvgIpc) is 3.20. The van der Waals surface area contributed by atoms with Crippen molar-refractivity contribution in [2.75, 3.05) is 11.5 Å². The molecule has 1 aliphatic heterocycles. The molecule has 1 amide bonds. The summed E-state index contributed by atoms with van der Waals surface area (Å²) in [6, 6.07) is 2.22. The van der Waals surface area contributed by atoms with Crippen molar-refractivity contribution < 1.29 is 23.1 Å². The molecule has 2 aliphatic rings. The monoisotopic (exact) mass is 460 g/mol. The maximum absolute atomic E-state index is 13.9. The van der Waals surface area contributed by atoms with Gasteiger partial charge in [-0.2, -0.15) is 18.3 Å². The zero-order valence-corrected chi connectivity index (χ0v) is 18.3. The molecule has 1 atom stereocenters. The Morgan fingerprint density at radius 3 is 2.55 bits per heavy atom. The highest BCUT2D eigenvalue weighted by molar-refractivity contribution is 5.94. The van der Waals surface area contributed by atoms with Gasteiger partial charge in [-0.15, -0.1) is 0 Å². The number of allylic oxidation sites excluding steroid dienone is 4. The van der Waals surface area contributed by atoms with E-state index < -0.39 is 23.8 Å². The van der Waals surface area contributed by atoms with Gasteiger partial charge in [0.1, 0.15) is 11.7 Å². The molecule has 1 fully saturated rings. The molecule has 0 saturated heterocycles. The lowest BCUT2D eigenvalue weighted by atomic mass is 9.87. The number of benzene rings is 1. The predicted octanol–water partition coefficient (Wildman–Crippen LogP) is 4.47. The van der Waals surface area contributed by atoms with Gasteiger partial charge in [-0.1, -0.05) is 18.7 Å². The fourth-order valence-corrected chi connectivity index (χ4v) is 4.70. The van der Waals surface area contributed by atoms with Crippen LogP contribution in [0, 0.1) is 5.92 Å². The number of amides is 1. The number of nitrogens with zero attached hydrogens (tertiary/aromatic N) is 3. The summed E-state index contributed by atoms with van der Waals surface area (Å²) in [5.74, 6) is -0.580. The van der Waals surface area contributed by atoms with Gasteiger partial charge in [-0.25, -0.2) is 0 Å². The highest BCUT2D eigenvalue weighted by atomic mass is 19.4. The Labute approximate surface area is 189 Å². The number of primary amides is 1. The van der Waals surface area contributed by atoms with Crippen molar-refractivity contribution in [1.82, 2.24) is 9.78 Å². The van der Waals surface area contributed by atoms with E-state index in [1.807, 2.05) is 10.9 Å².